The van der Waals surface area contributed by atoms with E-state index in [-0.39, 0.29) is 0 Å². The monoisotopic (exact) mass is 245 g/mol. The topological polar surface area (TPSA) is 18.5 Å². The number of alkyl halides is 1. The van der Waals surface area contributed by atoms with Gasteiger partial charge in [-0.2, -0.15) is 0 Å². The zero-order valence-corrected chi connectivity index (χ0v) is 10.9. The van der Waals surface area contributed by atoms with Crippen LogP contribution in [-0.2, 0) is 9.05 Å². The average molecular weight is 245 g/mol. The van der Waals surface area contributed by atoms with E-state index in [1.165, 1.54) is 5.47 Å². The van der Waals surface area contributed by atoms with Crippen LogP contribution in [0, 0.1) is 0 Å². The van der Waals surface area contributed by atoms with Gasteiger partial charge in [0.25, 0.3) is 8.38 Å². The highest BCUT2D eigenvalue weighted by Gasteiger charge is 2.16. The van der Waals surface area contributed by atoms with Gasteiger partial charge in [-0.05, 0) is 25.2 Å². The van der Waals surface area contributed by atoms with Gasteiger partial charge in [0.15, 0.2) is 0 Å². The van der Waals surface area contributed by atoms with E-state index in [2.05, 4.69) is 13.4 Å². The van der Waals surface area contributed by atoms with Crippen LogP contribution in [0.4, 0.5) is 0 Å². The van der Waals surface area contributed by atoms with E-state index in [4.69, 9.17) is 20.6 Å². The van der Waals surface area contributed by atoms with Crippen LogP contribution in [0.3, 0.4) is 0 Å². The van der Waals surface area contributed by atoms with Crippen LogP contribution >= 0.6 is 20.0 Å². The lowest BCUT2D eigenvalue weighted by Gasteiger charge is -2.21. The SMILES string of the molecule is C[B]C1=CP(OCC)OC(CCCCl)=C1. The molecule has 1 aliphatic heterocycles. The number of allylic oxidation sites excluding steroid dienone is 3. The fourth-order valence-corrected chi connectivity index (χ4v) is 2.63. The summed E-state index contributed by atoms with van der Waals surface area (Å²) in [5.74, 6) is 3.70. The van der Waals surface area contributed by atoms with Gasteiger partial charge in [-0.3, -0.25) is 0 Å². The molecule has 1 aliphatic rings. The minimum Gasteiger partial charge on any atom is -0.449 e. The Labute approximate surface area is 98.8 Å². The maximum atomic E-state index is 5.71. The van der Waals surface area contributed by atoms with Gasteiger partial charge in [-0.1, -0.05) is 12.3 Å². The first-order chi connectivity index (χ1) is 7.30. The molecule has 1 radical (unpaired) electrons. The van der Waals surface area contributed by atoms with E-state index in [0.29, 0.717) is 12.5 Å². The van der Waals surface area contributed by atoms with Crippen molar-refractivity contribution in [3.05, 3.63) is 23.1 Å². The van der Waals surface area contributed by atoms with Crippen LogP contribution in [0.15, 0.2) is 23.1 Å². The van der Waals surface area contributed by atoms with Crippen LogP contribution in [0.1, 0.15) is 19.8 Å². The van der Waals surface area contributed by atoms with E-state index < -0.39 is 8.38 Å². The molecule has 0 N–H and O–H groups in total. The minimum absolute atomic E-state index is 0.669. The number of hydrogen-bond acceptors (Lipinski definition) is 2. The smallest absolute Gasteiger partial charge is 0.256 e. The molecule has 0 aromatic rings. The fourth-order valence-electron chi connectivity index (χ4n) is 1.22. The first-order valence-electron chi connectivity index (χ1n) is 5.18. The Hall–Kier alpha value is 0.0249. The zero-order valence-electron chi connectivity index (χ0n) is 9.20. The molecule has 5 heteroatoms. The molecule has 1 unspecified atom stereocenters. The second kappa shape index (κ2) is 7.32. The first-order valence-corrected chi connectivity index (χ1v) is 6.96. The average Bonchev–Trinajstić information content (AvgIpc) is 2.26. The molecule has 0 saturated carbocycles. The third-order valence-corrected chi connectivity index (χ3v) is 3.64. The van der Waals surface area contributed by atoms with Crippen molar-refractivity contribution in [1.82, 2.24) is 0 Å². The molecule has 83 valence electrons. The molecule has 0 spiro atoms. The summed E-state index contributed by atoms with van der Waals surface area (Å²) in [7, 11) is 1.19. The maximum absolute atomic E-state index is 5.71. The highest BCUT2D eigenvalue weighted by atomic mass is 35.5. The molecule has 0 saturated heterocycles. The Kier molecular flexibility index (Phi) is 6.39. The van der Waals surface area contributed by atoms with E-state index in [1.54, 1.807) is 0 Å². The van der Waals surface area contributed by atoms with E-state index >= 15 is 0 Å². The first kappa shape index (κ1) is 13.1. The molecular formula is C10H16BClO2P. The lowest BCUT2D eigenvalue weighted by molar-refractivity contribution is 0.303. The lowest BCUT2D eigenvalue weighted by Crippen LogP contribution is -2.00. The van der Waals surface area contributed by atoms with Gasteiger partial charge in [0.1, 0.15) is 13.0 Å². The largest absolute Gasteiger partial charge is 0.449 e. The fraction of sp³-hybridized carbons (Fsp3) is 0.600. The van der Waals surface area contributed by atoms with Gasteiger partial charge in [0.05, 0.1) is 6.61 Å². The molecule has 0 aliphatic carbocycles. The number of rotatable bonds is 6. The highest BCUT2D eigenvalue weighted by Crippen LogP contribution is 2.47. The van der Waals surface area contributed by atoms with Crippen molar-refractivity contribution in [2.75, 3.05) is 12.5 Å². The van der Waals surface area contributed by atoms with Gasteiger partial charge in [0.2, 0.25) is 0 Å². The van der Waals surface area contributed by atoms with E-state index in [9.17, 15) is 0 Å². The molecule has 15 heavy (non-hydrogen) atoms. The molecule has 0 bridgehead atoms. The Balaban J connectivity index is 2.57. The summed E-state index contributed by atoms with van der Waals surface area (Å²) in [4.78, 5) is 0. The van der Waals surface area contributed by atoms with E-state index in [0.717, 1.165) is 18.6 Å². The number of hydrogen-bond donors (Lipinski definition) is 0. The molecule has 0 amide bonds. The van der Waals surface area contributed by atoms with Crippen LogP contribution in [0.25, 0.3) is 0 Å². The molecule has 0 aromatic carbocycles. The normalized spacial score (nSPS) is 20.3. The van der Waals surface area contributed by atoms with Crippen molar-refractivity contribution in [2.45, 2.75) is 26.6 Å². The summed E-state index contributed by atoms with van der Waals surface area (Å²) in [6, 6.07) is 0. The van der Waals surface area contributed by atoms with Gasteiger partial charge >= 0.3 is 0 Å². The van der Waals surface area contributed by atoms with Gasteiger partial charge in [-0.15, -0.1) is 11.6 Å². The molecule has 0 fully saturated rings. The maximum Gasteiger partial charge on any atom is 0.256 e. The summed E-state index contributed by atoms with van der Waals surface area (Å²) >= 11 is 5.66. The summed E-state index contributed by atoms with van der Waals surface area (Å²) in [5, 5.41) is 0. The minimum atomic E-state index is -0.877. The predicted octanol–water partition coefficient (Wildman–Crippen LogP) is 3.86. The van der Waals surface area contributed by atoms with Crippen molar-refractivity contribution in [3.8, 4) is 0 Å². The van der Waals surface area contributed by atoms with Crippen molar-refractivity contribution in [3.63, 3.8) is 0 Å². The lowest BCUT2D eigenvalue weighted by atomic mass is 9.73. The van der Waals surface area contributed by atoms with Crippen molar-refractivity contribution < 1.29 is 9.05 Å². The molecule has 0 aromatic heterocycles. The van der Waals surface area contributed by atoms with Crippen LogP contribution < -0.4 is 0 Å². The van der Waals surface area contributed by atoms with E-state index in [1.807, 2.05) is 19.6 Å². The molecule has 1 atom stereocenters. The standard InChI is InChI=1S/C10H16BClO2P/c1-3-13-15-8-9(11-2)7-10(14-15)5-4-6-12/h7-8H,3-6H2,1-2H3. The second-order valence-electron chi connectivity index (χ2n) is 3.12. The summed E-state index contributed by atoms with van der Waals surface area (Å²) in [6.45, 7) is 4.68. The molecule has 1 heterocycles. The Morgan fingerprint density at radius 2 is 2.40 bits per heavy atom. The van der Waals surface area contributed by atoms with Gasteiger partial charge in [0, 0.05) is 12.3 Å². The molecular weight excluding hydrogens is 229 g/mol. The van der Waals surface area contributed by atoms with Crippen LogP contribution in [-0.4, -0.2) is 19.8 Å². The summed E-state index contributed by atoms with van der Waals surface area (Å²) in [6.07, 6.45) is 3.89. The predicted molar refractivity (Wildman–Crippen MR) is 67.4 cm³/mol. The zero-order chi connectivity index (χ0) is 11.1. The van der Waals surface area contributed by atoms with Crippen LogP contribution in [0.2, 0.25) is 6.82 Å². The third-order valence-electron chi connectivity index (χ3n) is 1.94. The molecule has 1 rings (SSSR count). The summed E-state index contributed by atoms with van der Waals surface area (Å²) < 4.78 is 11.2. The van der Waals surface area contributed by atoms with Crippen LogP contribution in [0.5, 0.6) is 0 Å². The van der Waals surface area contributed by atoms with Crippen molar-refractivity contribution >= 4 is 27.3 Å². The Morgan fingerprint density at radius 3 is 3.00 bits per heavy atom. The van der Waals surface area contributed by atoms with Crippen molar-refractivity contribution in [1.29, 1.82) is 0 Å². The third kappa shape index (κ3) is 4.59. The van der Waals surface area contributed by atoms with Crippen molar-refractivity contribution in [2.24, 2.45) is 0 Å². The Bertz CT molecular complexity index is 256. The quantitative estimate of drug-likeness (QED) is 0.402. The molecule has 2 nitrogen and oxygen atoms in total. The highest BCUT2D eigenvalue weighted by molar-refractivity contribution is 7.51. The van der Waals surface area contributed by atoms with Gasteiger partial charge in [-0.25, -0.2) is 0 Å². The number of halogens is 1. The van der Waals surface area contributed by atoms with Gasteiger partial charge < -0.3 is 9.05 Å². The second-order valence-corrected chi connectivity index (χ2v) is 4.76. The Morgan fingerprint density at radius 1 is 1.60 bits per heavy atom. The summed E-state index contributed by atoms with van der Waals surface area (Å²) in [5.41, 5.74) is 1.19.